The number of aliphatic carboxylic acids is 1. The smallest absolute Gasteiger partial charge is 0.317 e. The molecule has 0 aromatic heterocycles. The van der Waals surface area contributed by atoms with Crippen molar-refractivity contribution in [3.8, 4) is 5.75 Å². The molecule has 2 aromatic carbocycles. The third kappa shape index (κ3) is 5.86. The second kappa shape index (κ2) is 8.70. The number of likely N-dealkylation sites (N-methyl/N-ethyl adjacent to an activating group) is 1. The van der Waals surface area contributed by atoms with E-state index in [0.29, 0.717) is 12.3 Å². The van der Waals surface area contributed by atoms with Crippen molar-refractivity contribution >= 4 is 17.7 Å². The van der Waals surface area contributed by atoms with Crippen LogP contribution in [0.25, 0.3) is 0 Å². The molecule has 2 aromatic rings. The molecule has 0 heterocycles. The summed E-state index contributed by atoms with van der Waals surface area (Å²) < 4.78 is 19.3. The van der Waals surface area contributed by atoms with Gasteiger partial charge < -0.3 is 9.84 Å². The van der Waals surface area contributed by atoms with E-state index in [4.69, 9.17) is 9.84 Å². The van der Waals surface area contributed by atoms with E-state index in [1.807, 2.05) is 37.3 Å². The minimum atomic E-state index is -0.869. The van der Waals surface area contributed by atoms with Crippen LogP contribution >= 0.6 is 11.8 Å². The minimum absolute atomic E-state index is 0.0343. The maximum Gasteiger partial charge on any atom is 0.317 e. The number of carboxylic acid groups (broad SMARTS) is 1. The fourth-order valence-corrected chi connectivity index (χ4v) is 3.21. The van der Waals surface area contributed by atoms with E-state index < -0.39 is 5.97 Å². The lowest BCUT2D eigenvalue weighted by molar-refractivity contribution is -0.138. The summed E-state index contributed by atoms with van der Waals surface area (Å²) in [4.78, 5) is 14.1. The highest BCUT2D eigenvalue weighted by atomic mass is 32.2. The molecule has 0 amide bonds. The standard InChI is InChI=1S/C18H20FNO3S/c1-13(11-20(2)12-18(21)22)23-16-8-3-4-9-17(16)24-15-7-5-6-14(19)10-15/h3-10,13H,11-12H2,1-2H3,(H,21,22)/t13-/m0/s1. The lowest BCUT2D eigenvalue weighted by Gasteiger charge is -2.22. The molecule has 0 aliphatic heterocycles. The molecule has 0 fully saturated rings. The van der Waals surface area contributed by atoms with Gasteiger partial charge in [-0.3, -0.25) is 9.69 Å². The Labute approximate surface area is 145 Å². The Balaban J connectivity index is 2.04. The van der Waals surface area contributed by atoms with Crippen LogP contribution < -0.4 is 4.74 Å². The molecule has 1 N–H and O–H groups in total. The third-order valence-electron chi connectivity index (χ3n) is 3.18. The summed E-state index contributed by atoms with van der Waals surface area (Å²) >= 11 is 1.43. The predicted octanol–water partition coefficient (Wildman–Crippen LogP) is 3.76. The van der Waals surface area contributed by atoms with Gasteiger partial charge in [-0.15, -0.1) is 0 Å². The van der Waals surface area contributed by atoms with Crippen LogP contribution in [0.15, 0.2) is 58.3 Å². The Morgan fingerprint density at radius 1 is 1.29 bits per heavy atom. The van der Waals surface area contributed by atoms with E-state index in [1.54, 1.807) is 18.0 Å². The zero-order chi connectivity index (χ0) is 17.5. The monoisotopic (exact) mass is 349 g/mol. The van der Waals surface area contributed by atoms with Gasteiger partial charge in [-0.1, -0.05) is 30.0 Å². The molecule has 24 heavy (non-hydrogen) atoms. The van der Waals surface area contributed by atoms with E-state index in [1.165, 1.54) is 23.9 Å². The van der Waals surface area contributed by atoms with Crippen molar-refractivity contribution in [3.05, 3.63) is 54.3 Å². The van der Waals surface area contributed by atoms with E-state index in [-0.39, 0.29) is 18.5 Å². The van der Waals surface area contributed by atoms with Crippen LogP contribution in [0.2, 0.25) is 0 Å². The van der Waals surface area contributed by atoms with Crippen molar-refractivity contribution in [1.29, 1.82) is 0 Å². The van der Waals surface area contributed by atoms with E-state index in [0.717, 1.165) is 9.79 Å². The molecule has 0 unspecified atom stereocenters. The van der Waals surface area contributed by atoms with Crippen molar-refractivity contribution < 1.29 is 19.0 Å². The first-order chi connectivity index (χ1) is 11.4. The Hall–Kier alpha value is -2.05. The molecule has 6 heteroatoms. The first-order valence-electron chi connectivity index (χ1n) is 7.53. The predicted molar refractivity (Wildman–Crippen MR) is 92.2 cm³/mol. The van der Waals surface area contributed by atoms with Crippen LogP contribution in [0, 0.1) is 5.82 Å². The maximum absolute atomic E-state index is 13.3. The average Bonchev–Trinajstić information content (AvgIpc) is 2.48. The van der Waals surface area contributed by atoms with Gasteiger partial charge in [-0.2, -0.15) is 0 Å². The number of carbonyl (C=O) groups is 1. The molecule has 0 spiro atoms. The van der Waals surface area contributed by atoms with Gasteiger partial charge in [0.05, 0.1) is 11.4 Å². The maximum atomic E-state index is 13.3. The van der Waals surface area contributed by atoms with Crippen molar-refractivity contribution in [3.63, 3.8) is 0 Å². The molecule has 0 bridgehead atoms. The van der Waals surface area contributed by atoms with E-state index in [2.05, 4.69) is 0 Å². The number of carboxylic acids is 1. The summed E-state index contributed by atoms with van der Waals surface area (Å²) in [5.74, 6) is -0.447. The van der Waals surface area contributed by atoms with Crippen LogP contribution in [-0.4, -0.2) is 42.2 Å². The molecular formula is C18H20FNO3S. The largest absolute Gasteiger partial charge is 0.488 e. The van der Waals surface area contributed by atoms with Gasteiger partial charge in [0, 0.05) is 11.4 Å². The fourth-order valence-electron chi connectivity index (χ4n) is 2.28. The SMILES string of the molecule is C[C@@H](CN(C)CC(=O)O)Oc1ccccc1Sc1cccc(F)c1. The van der Waals surface area contributed by atoms with Gasteiger partial charge in [0.15, 0.2) is 0 Å². The van der Waals surface area contributed by atoms with Gasteiger partial charge in [-0.25, -0.2) is 4.39 Å². The number of hydrogen-bond donors (Lipinski definition) is 1. The summed E-state index contributed by atoms with van der Waals surface area (Å²) in [6.45, 7) is 2.35. The number of nitrogens with zero attached hydrogens (tertiary/aromatic N) is 1. The van der Waals surface area contributed by atoms with Crippen molar-refractivity contribution in [2.24, 2.45) is 0 Å². The molecule has 1 atom stereocenters. The van der Waals surface area contributed by atoms with Crippen molar-refractivity contribution in [2.75, 3.05) is 20.1 Å². The molecule has 4 nitrogen and oxygen atoms in total. The second-order valence-corrected chi connectivity index (χ2v) is 6.64. The molecular weight excluding hydrogens is 329 g/mol. The highest BCUT2D eigenvalue weighted by Crippen LogP contribution is 2.35. The quantitative estimate of drug-likeness (QED) is 0.786. The van der Waals surface area contributed by atoms with Crippen LogP contribution in [-0.2, 0) is 4.79 Å². The molecule has 0 saturated heterocycles. The fraction of sp³-hybridized carbons (Fsp3) is 0.278. The number of ether oxygens (including phenoxy) is 1. The molecule has 0 saturated carbocycles. The Kier molecular flexibility index (Phi) is 6.63. The summed E-state index contributed by atoms with van der Waals surface area (Å²) in [5.41, 5.74) is 0. The highest BCUT2D eigenvalue weighted by Gasteiger charge is 2.13. The highest BCUT2D eigenvalue weighted by molar-refractivity contribution is 7.99. The summed E-state index contributed by atoms with van der Waals surface area (Å²) in [5, 5.41) is 8.80. The van der Waals surface area contributed by atoms with Crippen LogP contribution in [0.4, 0.5) is 4.39 Å². The average molecular weight is 349 g/mol. The second-order valence-electron chi connectivity index (χ2n) is 5.53. The number of halogens is 1. The lowest BCUT2D eigenvalue weighted by Crippen LogP contribution is -2.34. The van der Waals surface area contributed by atoms with Gasteiger partial charge in [0.2, 0.25) is 0 Å². The Morgan fingerprint density at radius 2 is 2.04 bits per heavy atom. The van der Waals surface area contributed by atoms with E-state index >= 15 is 0 Å². The molecule has 0 aliphatic rings. The third-order valence-corrected chi connectivity index (χ3v) is 4.22. The molecule has 0 aliphatic carbocycles. The van der Waals surface area contributed by atoms with Crippen molar-refractivity contribution in [1.82, 2.24) is 4.90 Å². The van der Waals surface area contributed by atoms with E-state index in [9.17, 15) is 9.18 Å². The number of rotatable bonds is 8. The molecule has 2 rings (SSSR count). The molecule has 128 valence electrons. The van der Waals surface area contributed by atoms with Crippen LogP contribution in [0.3, 0.4) is 0 Å². The number of hydrogen-bond acceptors (Lipinski definition) is 4. The molecule has 0 radical (unpaired) electrons. The number of para-hydroxylation sites is 1. The van der Waals surface area contributed by atoms with Crippen molar-refractivity contribution in [2.45, 2.75) is 22.8 Å². The first kappa shape index (κ1) is 18.3. The Morgan fingerprint density at radius 3 is 2.75 bits per heavy atom. The van der Waals surface area contributed by atoms with Gasteiger partial charge in [-0.05, 0) is 44.3 Å². The Bertz CT molecular complexity index is 695. The van der Waals surface area contributed by atoms with Crippen LogP contribution in [0.1, 0.15) is 6.92 Å². The minimum Gasteiger partial charge on any atom is -0.488 e. The normalized spacial score (nSPS) is 12.2. The first-order valence-corrected chi connectivity index (χ1v) is 8.35. The number of benzene rings is 2. The lowest BCUT2D eigenvalue weighted by atomic mass is 10.3. The van der Waals surface area contributed by atoms with Gasteiger partial charge in [0.1, 0.15) is 17.7 Å². The van der Waals surface area contributed by atoms with Gasteiger partial charge in [0.25, 0.3) is 0 Å². The zero-order valence-corrected chi connectivity index (χ0v) is 14.4. The summed E-state index contributed by atoms with van der Waals surface area (Å²) in [6.07, 6.45) is -0.177. The van der Waals surface area contributed by atoms with Gasteiger partial charge >= 0.3 is 5.97 Å². The zero-order valence-electron chi connectivity index (χ0n) is 13.6. The summed E-state index contributed by atoms with van der Waals surface area (Å²) in [6, 6.07) is 13.9. The topological polar surface area (TPSA) is 49.8 Å². The van der Waals surface area contributed by atoms with Crippen LogP contribution in [0.5, 0.6) is 5.75 Å². The summed E-state index contributed by atoms with van der Waals surface area (Å²) in [7, 11) is 1.74.